The molecule has 0 saturated carbocycles. The van der Waals surface area contributed by atoms with Crippen molar-refractivity contribution in [1.82, 2.24) is 0 Å². The van der Waals surface area contributed by atoms with Gasteiger partial charge in [0, 0.05) is 0 Å². The molecule has 0 saturated heterocycles. The molecule has 0 N–H and O–H groups in total. The maximum atomic E-state index is 11.3. The summed E-state index contributed by atoms with van der Waals surface area (Å²) in [6.45, 7) is 2.05. The molecule has 0 bridgehead atoms. The summed E-state index contributed by atoms with van der Waals surface area (Å²) in [4.78, 5) is 11.3. The number of esters is 1. The van der Waals surface area contributed by atoms with Crippen LogP contribution in [0.4, 0.5) is 0 Å². The third-order valence-corrected chi connectivity index (χ3v) is 2.48. The van der Waals surface area contributed by atoms with Crippen LogP contribution in [0, 0.1) is 17.2 Å². The van der Waals surface area contributed by atoms with Crippen LogP contribution in [0.25, 0.3) is 0 Å². The third-order valence-electron chi connectivity index (χ3n) is 1.75. The van der Waals surface area contributed by atoms with Gasteiger partial charge >= 0.3 is 5.97 Å². The molecule has 0 spiro atoms. The largest absolute Gasteiger partial charge is 0.465 e. The minimum atomic E-state index is -0.676. The first-order valence-corrected chi connectivity index (χ1v) is 5.29. The topological polar surface area (TPSA) is 50.1 Å². The number of hydrogen-bond donors (Lipinski definition) is 0. The highest BCUT2D eigenvalue weighted by atomic mass is 32.1. The summed E-state index contributed by atoms with van der Waals surface area (Å²) in [5, 5.41) is 12.6. The molecule has 0 amide bonds. The second-order valence-electron chi connectivity index (χ2n) is 2.77. The standard InChI is InChI=1S/C10H11NO2S/c1-2-13-10(12)9(6-11)5-8-3-4-14-7-8/h3-4,7,9H,2,5H2,1H3. The van der Waals surface area contributed by atoms with Crippen LogP contribution in [0.3, 0.4) is 0 Å². The van der Waals surface area contributed by atoms with Crippen LogP contribution in [-0.4, -0.2) is 12.6 Å². The van der Waals surface area contributed by atoms with Gasteiger partial charge in [-0.3, -0.25) is 4.79 Å². The summed E-state index contributed by atoms with van der Waals surface area (Å²) < 4.78 is 4.79. The highest BCUT2D eigenvalue weighted by Gasteiger charge is 2.19. The molecule has 3 nitrogen and oxygen atoms in total. The summed E-state index contributed by atoms with van der Waals surface area (Å²) in [6, 6.07) is 3.87. The quantitative estimate of drug-likeness (QED) is 0.712. The average Bonchev–Trinajstić information content (AvgIpc) is 2.66. The van der Waals surface area contributed by atoms with Gasteiger partial charge in [0.1, 0.15) is 5.92 Å². The Labute approximate surface area is 86.9 Å². The van der Waals surface area contributed by atoms with Gasteiger partial charge in [-0.25, -0.2) is 0 Å². The molecule has 1 unspecified atom stereocenters. The van der Waals surface area contributed by atoms with E-state index < -0.39 is 11.9 Å². The second kappa shape index (κ2) is 5.40. The Bertz CT molecular complexity index is 326. The van der Waals surface area contributed by atoms with E-state index in [4.69, 9.17) is 10.00 Å². The van der Waals surface area contributed by atoms with Crippen molar-refractivity contribution in [2.75, 3.05) is 6.61 Å². The molecule has 4 heteroatoms. The molecule has 0 fully saturated rings. The Morgan fingerprint density at radius 2 is 2.57 bits per heavy atom. The van der Waals surface area contributed by atoms with Crippen LogP contribution in [-0.2, 0) is 16.0 Å². The van der Waals surface area contributed by atoms with Gasteiger partial charge in [0.25, 0.3) is 0 Å². The zero-order valence-electron chi connectivity index (χ0n) is 7.90. The molecule has 0 aliphatic heterocycles. The smallest absolute Gasteiger partial charge is 0.323 e. The van der Waals surface area contributed by atoms with Crippen molar-refractivity contribution in [2.45, 2.75) is 13.3 Å². The van der Waals surface area contributed by atoms with Gasteiger partial charge in [-0.05, 0) is 35.7 Å². The fourth-order valence-electron chi connectivity index (χ4n) is 1.07. The first-order chi connectivity index (χ1) is 6.77. The fourth-order valence-corrected chi connectivity index (χ4v) is 1.75. The van der Waals surface area contributed by atoms with Gasteiger partial charge in [0.15, 0.2) is 0 Å². The van der Waals surface area contributed by atoms with Gasteiger partial charge in [0.2, 0.25) is 0 Å². The Kier molecular flexibility index (Phi) is 4.14. The lowest BCUT2D eigenvalue weighted by Crippen LogP contribution is -2.18. The molecule has 1 heterocycles. The number of rotatable bonds is 4. The number of carbonyl (C=O) groups excluding carboxylic acids is 1. The van der Waals surface area contributed by atoms with E-state index in [0.717, 1.165) is 5.56 Å². The summed E-state index contributed by atoms with van der Waals surface area (Å²) in [6.07, 6.45) is 0.443. The highest BCUT2D eigenvalue weighted by Crippen LogP contribution is 2.13. The summed E-state index contributed by atoms with van der Waals surface area (Å²) in [5.74, 6) is -1.11. The SMILES string of the molecule is CCOC(=O)C(C#N)Cc1ccsc1. The molecule has 74 valence electrons. The van der Waals surface area contributed by atoms with Crippen LogP contribution in [0.1, 0.15) is 12.5 Å². The lowest BCUT2D eigenvalue weighted by Gasteiger charge is -2.06. The Morgan fingerprint density at radius 1 is 1.79 bits per heavy atom. The van der Waals surface area contributed by atoms with E-state index in [0.29, 0.717) is 13.0 Å². The van der Waals surface area contributed by atoms with Crippen molar-refractivity contribution in [1.29, 1.82) is 5.26 Å². The zero-order chi connectivity index (χ0) is 10.4. The van der Waals surface area contributed by atoms with Crippen LogP contribution < -0.4 is 0 Å². The van der Waals surface area contributed by atoms with Gasteiger partial charge in [0.05, 0.1) is 12.7 Å². The Morgan fingerprint density at radius 3 is 3.07 bits per heavy atom. The number of ether oxygens (including phenoxy) is 1. The molecule has 1 rings (SSSR count). The predicted molar refractivity (Wildman–Crippen MR) is 53.8 cm³/mol. The van der Waals surface area contributed by atoms with E-state index >= 15 is 0 Å². The molecular formula is C10H11NO2S. The van der Waals surface area contributed by atoms with Gasteiger partial charge in [-0.1, -0.05) is 0 Å². The van der Waals surface area contributed by atoms with Gasteiger partial charge in [-0.2, -0.15) is 16.6 Å². The fraction of sp³-hybridized carbons (Fsp3) is 0.400. The van der Waals surface area contributed by atoms with Crippen molar-refractivity contribution in [3.8, 4) is 6.07 Å². The summed E-state index contributed by atoms with van der Waals surface area (Å²) in [7, 11) is 0. The van der Waals surface area contributed by atoms with Crippen LogP contribution in [0.15, 0.2) is 16.8 Å². The Balaban J connectivity index is 2.56. The van der Waals surface area contributed by atoms with E-state index in [-0.39, 0.29) is 0 Å². The predicted octanol–water partition coefficient (Wildman–Crippen LogP) is 1.99. The molecule has 1 atom stereocenters. The minimum Gasteiger partial charge on any atom is -0.465 e. The van der Waals surface area contributed by atoms with Crippen molar-refractivity contribution in [2.24, 2.45) is 5.92 Å². The summed E-state index contributed by atoms with van der Waals surface area (Å²) >= 11 is 1.56. The normalized spacial score (nSPS) is 11.7. The number of nitriles is 1. The molecule has 0 aliphatic rings. The van der Waals surface area contributed by atoms with E-state index in [1.54, 1.807) is 18.3 Å². The molecule has 0 aromatic carbocycles. The third kappa shape index (κ3) is 2.86. The molecule has 1 aromatic heterocycles. The van der Waals surface area contributed by atoms with Gasteiger partial charge in [-0.15, -0.1) is 0 Å². The maximum Gasteiger partial charge on any atom is 0.323 e. The number of hydrogen-bond acceptors (Lipinski definition) is 4. The lowest BCUT2D eigenvalue weighted by molar-refractivity contribution is -0.145. The molecular weight excluding hydrogens is 198 g/mol. The number of nitrogens with zero attached hydrogens (tertiary/aromatic N) is 1. The minimum absolute atomic E-state index is 0.320. The summed E-state index contributed by atoms with van der Waals surface area (Å²) in [5.41, 5.74) is 1.01. The van der Waals surface area contributed by atoms with Gasteiger partial charge < -0.3 is 4.74 Å². The van der Waals surface area contributed by atoms with Crippen LogP contribution in [0.5, 0.6) is 0 Å². The van der Waals surface area contributed by atoms with Crippen molar-refractivity contribution in [3.05, 3.63) is 22.4 Å². The van der Waals surface area contributed by atoms with Crippen molar-refractivity contribution in [3.63, 3.8) is 0 Å². The highest BCUT2D eigenvalue weighted by molar-refractivity contribution is 7.07. The lowest BCUT2D eigenvalue weighted by atomic mass is 10.0. The zero-order valence-corrected chi connectivity index (χ0v) is 8.71. The monoisotopic (exact) mass is 209 g/mol. The van der Waals surface area contributed by atoms with E-state index in [1.165, 1.54) is 0 Å². The molecule has 14 heavy (non-hydrogen) atoms. The average molecular weight is 209 g/mol. The second-order valence-corrected chi connectivity index (χ2v) is 3.55. The van der Waals surface area contributed by atoms with Crippen LogP contribution in [0.2, 0.25) is 0 Å². The maximum absolute atomic E-state index is 11.3. The first kappa shape index (κ1) is 10.7. The van der Waals surface area contributed by atoms with Crippen molar-refractivity contribution < 1.29 is 9.53 Å². The number of thiophene rings is 1. The number of carbonyl (C=O) groups is 1. The molecule has 0 radical (unpaired) electrons. The van der Waals surface area contributed by atoms with E-state index in [9.17, 15) is 4.79 Å². The molecule has 1 aromatic rings. The Hall–Kier alpha value is -1.34. The molecule has 0 aliphatic carbocycles. The van der Waals surface area contributed by atoms with Crippen LogP contribution >= 0.6 is 11.3 Å². The van der Waals surface area contributed by atoms with E-state index in [2.05, 4.69) is 0 Å². The van der Waals surface area contributed by atoms with Crippen molar-refractivity contribution >= 4 is 17.3 Å². The van der Waals surface area contributed by atoms with E-state index in [1.807, 2.05) is 22.9 Å². The first-order valence-electron chi connectivity index (χ1n) is 4.35.